The summed E-state index contributed by atoms with van der Waals surface area (Å²) in [6.07, 6.45) is 4.38. The van der Waals surface area contributed by atoms with Gasteiger partial charge in [0.15, 0.2) is 0 Å². The fourth-order valence-corrected chi connectivity index (χ4v) is 1.26. The average Bonchev–Trinajstić information content (AvgIpc) is 2.84. The van der Waals surface area contributed by atoms with Gasteiger partial charge in [0.2, 0.25) is 5.91 Å². The van der Waals surface area contributed by atoms with Gasteiger partial charge < -0.3 is 11.1 Å². The number of nitrogens with one attached hydrogen (secondary N) is 1. The van der Waals surface area contributed by atoms with E-state index >= 15 is 0 Å². The van der Waals surface area contributed by atoms with Gasteiger partial charge in [-0.15, -0.1) is 0 Å². The van der Waals surface area contributed by atoms with Crippen molar-refractivity contribution >= 4 is 17.4 Å². The number of anilines is 2. The molecule has 2 aromatic rings. The summed E-state index contributed by atoms with van der Waals surface area (Å²) >= 11 is 0. The van der Waals surface area contributed by atoms with Crippen molar-refractivity contribution in [3.63, 3.8) is 0 Å². The Kier molecular flexibility index (Phi) is 2.99. The van der Waals surface area contributed by atoms with E-state index < -0.39 is 6.04 Å². The summed E-state index contributed by atoms with van der Waals surface area (Å²) in [5.74, 6) is 0.217. The summed E-state index contributed by atoms with van der Waals surface area (Å²) in [7, 11) is 0. The van der Waals surface area contributed by atoms with Crippen molar-refractivity contribution < 1.29 is 4.79 Å². The van der Waals surface area contributed by atoms with Crippen LogP contribution in [0.25, 0.3) is 0 Å². The van der Waals surface area contributed by atoms with E-state index in [1.807, 2.05) is 0 Å². The monoisotopic (exact) mass is 232 g/mol. The molecule has 0 saturated carbocycles. The van der Waals surface area contributed by atoms with E-state index in [0.717, 1.165) is 0 Å². The van der Waals surface area contributed by atoms with E-state index in [4.69, 9.17) is 5.73 Å². The predicted molar refractivity (Wildman–Crippen MR) is 62.0 cm³/mol. The van der Waals surface area contributed by atoms with Gasteiger partial charge in [0.25, 0.3) is 0 Å². The number of pyridine rings is 1. The Morgan fingerprint density at radius 3 is 2.94 bits per heavy atom. The molecule has 0 radical (unpaired) electrons. The molecule has 0 aliphatic carbocycles. The molecule has 88 valence electrons. The van der Waals surface area contributed by atoms with Crippen LogP contribution in [0.2, 0.25) is 0 Å². The van der Waals surface area contributed by atoms with Crippen molar-refractivity contribution in [3.8, 4) is 0 Å². The molecule has 3 N–H and O–H groups in total. The first-order chi connectivity index (χ1) is 8.16. The standard InChI is InChI=1S/C10H12N6O/c1-7(16-6-12-5-14-16)10(17)15-8-2-3-9(11)13-4-8/h2-7H,1H3,(H2,11,13)(H,15,17). The van der Waals surface area contributed by atoms with Gasteiger partial charge in [-0.05, 0) is 19.1 Å². The van der Waals surface area contributed by atoms with Crippen molar-refractivity contribution in [2.24, 2.45) is 0 Å². The zero-order valence-corrected chi connectivity index (χ0v) is 9.24. The number of nitrogen functional groups attached to an aromatic ring is 1. The lowest BCUT2D eigenvalue weighted by molar-refractivity contribution is -0.119. The van der Waals surface area contributed by atoms with E-state index in [0.29, 0.717) is 11.5 Å². The smallest absolute Gasteiger partial charge is 0.249 e. The fraction of sp³-hybridized carbons (Fsp3) is 0.200. The molecule has 1 atom stereocenters. The molecule has 7 heteroatoms. The summed E-state index contributed by atoms with van der Waals surface area (Å²) in [4.78, 5) is 19.5. The largest absolute Gasteiger partial charge is 0.384 e. The van der Waals surface area contributed by atoms with Gasteiger partial charge in [0, 0.05) is 0 Å². The number of aromatic nitrogens is 4. The van der Waals surface area contributed by atoms with Gasteiger partial charge in [-0.3, -0.25) is 4.79 Å². The Hall–Kier alpha value is -2.44. The number of rotatable bonds is 3. The summed E-state index contributed by atoms with van der Waals surface area (Å²) in [5.41, 5.74) is 6.04. The highest BCUT2D eigenvalue weighted by Crippen LogP contribution is 2.10. The van der Waals surface area contributed by atoms with Gasteiger partial charge in [0.05, 0.1) is 11.9 Å². The molecule has 0 bridgehead atoms. The molecule has 0 saturated heterocycles. The van der Waals surface area contributed by atoms with Crippen LogP contribution >= 0.6 is 0 Å². The lowest BCUT2D eigenvalue weighted by Crippen LogP contribution is -2.24. The Morgan fingerprint density at radius 1 is 1.53 bits per heavy atom. The lowest BCUT2D eigenvalue weighted by Gasteiger charge is -2.11. The summed E-state index contributed by atoms with van der Waals surface area (Å²) in [6, 6.07) is 2.87. The van der Waals surface area contributed by atoms with Crippen LogP contribution in [0.4, 0.5) is 11.5 Å². The Morgan fingerprint density at radius 2 is 2.35 bits per heavy atom. The first-order valence-electron chi connectivity index (χ1n) is 5.03. The van der Waals surface area contributed by atoms with Gasteiger partial charge in [-0.25, -0.2) is 14.6 Å². The molecular formula is C10H12N6O. The maximum atomic E-state index is 11.8. The van der Waals surface area contributed by atoms with E-state index in [9.17, 15) is 4.79 Å². The SMILES string of the molecule is CC(C(=O)Nc1ccc(N)nc1)n1cncn1. The number of nitrogens with zero attached hydrogens (tertiary/aromatic N) is 4. The first kappa shape index (κ1) is 11.1. The second kappa shape index (κ2) is 4.60. The molecule has 2 aromatic heterocycles. The van der Waals surface area contributed by atoms with E-state index in [1.54, 1.807) is 19.1 Å². The van der Waals surface area contributed by atoms with Crippen LogP contribution in [-0.2, 0) is 4.79 Å². The summed E-state index contributed by atoms with van der Waals surface area (Å²) in [5, 5.41) is 6.61. The summed E-state index contributed by atoms with van der Waals surface area (Å²) < 4.78 is 1.47. The number of carbonyl (C=O) groups is 1. The predicted octanol–water partition coefficient (Wildman–Crippen LogP) is 0.455. The van der Waals surface area contributed by atoms with E-state index in [1.165, 1.54) is 23.5 Å². The molecule has 0 aliphatic heterocycles. The van der Waals surface area contributed by atoms with Crippen LogP contribution in [0.5, 0.6) is 0 Å². The number of carbonyl (C=O) groups excluding carboxylic acids is 1. The highest BCUT2D eigenvalue weighted by molar-refractivity contribution is 5.93. The normalized spacial score (nSPS) is 12.1. The maximum absolute atomic E-state index is 11.8. The average molecular weight is 232 g/mol. The van der Waals surface area contributed by atoms with E-state index in [-0.39, 0.29) is 5.91 Å². The minimum Gasteiger partial charge on any atom is -0.384 e. The highest BCUT2D eigenvalue weighted by atomic mass is 16.2. The fourth-order valence-electron chi connectivity index (χ4n) is 1.26. The lowest BCUT2D eigenvalue weighted by atomic mass is 10.3. The Labute approximate surface area is 97.7 Å². The van der Waals surface area contributed by atoms with Gasteiger partial charge >= 0.3 is 0 Å². The number of hydrogen-bond acceptors (Lipinski definition) is 5. The quantitative estimate of drug-likeness (QED) is 0.800. The molecule has 7 nitrogen and oxygen atoms in total. The third-order valence-corrected chi connectivity index (χ3v) is 2.27. The third-order valence-electron chi connectivity index (χ3n) is 2.27. The van der Waals surface area contributed by atoms with Crippen molar-refractivity contribution in [2.45, 2.75) is 13.0 Å². The van der Waals surface area contributed by atoms with Crippen LogP contribution < -0.4 is 11.1 Å². The van der Waals surface area contributed by atoms with Crippen molar-refractivity contribution in [1.82, 2.24) is 19.7 Å². The maximum Gasteiger partial charge on any atom is 0.249 e. The van der Waals surface area contributed by atoms with Crippen molar-refractivity contribution in [1.29, 1.82) is 0 Å². The molecule has 1 unspecified atom stereocenters. The van der Waals surface area contributed by atoms with Gasteiger partial charge in [-0.2, -0.15) is 5.10 Å². The minimum atomic E-state index is -0.435. The van der Waals surface area contributed by atoms with Crippen LogP contribution in [0.3, 0.4) is 0 Å². The Balaban J connectivity index is 2.04. The molecule has 2 heterocycles. The van der Waals surface area contributed by atoms with Crippen LogP contribution in [-0.4, -0.2) is 25.7 Å². The van der Waals surface area contributed by atoms with E-state index in [2.05, 4.69) is 20.4 Å². The highest BCUT2D eigenvalue weighted by Gasteiger charge is 2.15. The van der Waals surface area contributed by atoms with Crippen LogP contribution in [0.1, 0.15) is 13.0 Å². The topological polar surface area (TPSA) is 98.7 Å². The first-order valence-corrected chi connectivity index (χ1v) is 5.03. The number of hydrogen-bond donors (Lipinski definition) is 2. The van der Waals surface area contributed by atoms with Crippen LogP contribution in [0.15, 0.2) is 31.0 Å². The van der Waals surface area contributed by atoms with Gasteiger partial charge in [-0.1, -0.05) is 0 Å². The summed E-state index contributed by atoms with van der Waals surface area (Å²) in [6.45, 7) is 1.73. The molecule has 0 aromatic carbocycles. The Bertz CT molecular complexity index is 492. The molecule has 17 heavy (non-hydrogen) atoms. The van der Waals surface area contributed by atoms with Crippen molar-refractivity contribution in [2.75, 3.05) is 11.1 Å². The zero-order chi connectivity index (χ0) is 12.3. The zero-order valence-electron chi connectivity index (χ0n) is 9.24. The second-order valence-electron chi connectivity index (χ2n) is 3.51. The molecule has 1 amide bonds. The van der Waals surface area contributed by atoms with Crippen LogP contribution in [0, 0.1) is 0 Å². The second-order valence-corrected chi connectivity index (χ2v) is 3.51. The van der Waals surface area contributed by atoms with Gasteiger partial charge in [0.1, 0.15) is 24.5 Å². The van der Waals surface area contributed by atoms with Crippen molar-refractivity contribution in [3.05, 3.63) is 31.0 Å². The molecule has 0 aliphatic rings. The number of nitrogens with two attached hydrogens (primary N) is 1. The molecule has 2 rings (SSSR count). The molecule has 0 fully saturated rings. The number of amides is 1. The molecular weight excluding hydrogens is 220 g/mol. The third kappa shape index (κ3) is 2.57. The minimum absolute atomic E-state index is 0.193. The molecule has 0 spiro atoms.